The standard InChI is InChI=1S/C19H33N7O2/c1-14-17(26(27)28)18(20-10-15-6-4-8-24(2)12-15)23-19(22-14)21-11-16-7-5-9-25(3)13-16/h15-16H,4-13H2,1-3H3,(H2,20,21,22,23). The van der Waals surface area contributed by atoms with Crippen LogP contribution in [0.5, 0.6) is 0 Å². The Morgan fingerprint density at radius 1 is 1.04 bits per heavy atom. The molecule has 9 nitrogen and oxygen atoms in total. The van der Waals surface area contributed by atoms with E-state index < -0.39 is 0 Å². The van der Waals surface area contributed by atoms with Crippen molar-refractivity contribution in [2.45, 2.75) is 32.6 Å². The monoisotopic (exact) mass is 391 g/mol. The molecule has 0 radical (unpaired) electrons. The average molecular weight is 392 g/mol. The van der Waals surface area contributed by atoms with Gasteiger partial charge in [-0.05, 0) is 71.6 Å². The number of nitrogens with one attached hydrogen (secondary N) is 2. The molecule has 3 heterocycles. The maximum atomic E-state index is 11.5. The number of rotatable bonds is 7. The first-order chi connectivity index (χ1) is 13.4. The van der Waals surface area contributed by atoms with Crippen LogP contribution in [-0.2, 0) is 0 Å². The van der Waals surface area contributed by atoms with Crippen molar-refractivity contribution in [1.82, 2.24) is 19.8 Å². The first-order valence-electron chi connectivity index (χ1n) is 10.3. The van der Waals surface area contributed by atoms with Crippen molar-refractivity contribution >= 4 is 17.5 Å². The Balaban J connectivity index is 1.67. The second-order valence-corrected chi connectivity index (χ2v) is 8.39. The lowest BCUT2D eigenvalue weighted by molar-refractivity contribution is -0.385. The number of nitrogens with zero attached hydrogens (tertiary/aromatic N) is 5. The van der Waals surface area contributed by atoms with Crippen molar-refractivity contribution in [2.24, 2.45) is 11.8 Å². The number of hydrogen-bond acceptors (Lipinski definition) is 8. The van der Waals surface area contributed by atoms with Gasteiger partial charge in [-0.3, -0.25) is 10.1 Å². The molecule has 1 aromatic rings. The first-order valence-corrected chi connectivity index (χ1v) is 10.3. The molecule has 156 valence electrons. The largest absolute Gasteiger partial charge is 0.364 e. The van der Waals surface area contributed by atoms with Gasteiger partial charge >= 0.3 is 5.69 Å². The number of aromatic nitrogens is 2. The highest BCUT2D eigenvalue weighted by Crippen LogP contribution is 2.28. The van der Waals surface area contributed by atoms with Crippen molar-refractivity contribution in [3.8, 4) is 0 Å². The van der Waals surface area contributed by atoms with E-state index >= 15 is 0 Å². The van der Waals surface area contributed by atoms with Gasteiger partial charge in [0.05, 0.1) is 4.92 Å². The Labute approximate surface area is 167 Å². The zero-order valence-corrected chi connectivity index (χ0v) is 17.3. The molecule has 9 heteroatoms. The van der Waals surface area contributed by atoms with E-state index in [1.54, 1.807) is 6.92 Å². The Morgan fingerprint density at radius 2 is 1.61 bits per heavy atom. The van der Waals surface area contributed by atoms with Gasteiger partial charge in [-0.1, -0.05) is 0 Å². The third-order valence-corrected chi connectivity index (χ3v) is 5.79. The minimum Gasteiger partial charge on any atom is -0.364 e. The van der Waals surface area contributed by atoms with Gasteiger partial charge in [-0.2, -0.15) is 4.98 Å². The number of piperidine rings is 2. The van der Waals surface area contributed by atoms with Crippen molar-refractivity contribution in [3.05, 3.63) is 15.8 Å². The van der Waals surface area contributed by atoms with Gasteiger partial charge < -0.3 is 20.4 Å². The van der Waals surface area contributed by atoms with Crippen LogP contribution >= 0.6 is 0 Å². The minimum atomic E-state index is -0.384. The van der Waals surface area contributed by atoms with E-state index in [2.05, 4.69) is 44.5 Å². The lowest BCUT2D eigenvalue weighted by atomic mass is 9.98. The molecule has 2 aliphatic heterocycles. The molecular formula is C19H33N7O2. The average Bonchev–Trinajstić information content (AvgIpc) is 2.64. The van der Waals surface area contributed by atoms with E-state index in [-0.39, 0.29) is 10.6 Å². The molecule has 2 aliphatic rings. The van der Waals surface area contributed by atoms with E-state index in [0.29, 0.717) is 35.8 Å². The molecular weight excluding hydrogens is 358 g/mol. The Morgan fingerprint density at radius 3 is 2.14 bits per heavy atom. The van der Waals surface area contributed by atoms with Crippen LogP contribution in [0.1, 0.15) is 31.4 Å². The van der Waals surface area contributed by atoms with Crippen LogP contribution < -0.4 is 10.6 Å². The fourth-order valence-electron chi connectivity index (χ4n) is 4.34. The van der Waals surface area contributed by atoms with Gasteiger partial charge in [-0.25, -0.2) is 4.98 Å². The molecule has 2 unspecified atom stereocenters. The Hall–Kier alpha value is -2.00. The summed E-state index contributed by atoms with van der Waals surface area (Å²) in [6.45, 7) is 7.48. The summed E-state index contributed by atoms with van der Waals surface area (Å²) in [4.78, 5) is 24.6. The summed E-state index contributed by atoms with van der Waals surface area (Å²) < 4.78 is 0. The first kappa shape index (κ1) is 20.7. The molecule has 0 bridgehead atoms. The normalized spacial score (nSPS) is 24.1. The highest BCUT2D eigenvalue weighted by Gasteiger charge is 2.25. The number of nitro groups is 1. The molecule has 0 aliphatic carbocycles. The lowest BCUT2D eigenvalue weighted by Gasteiger charge is -2.30. The molecule has 0 saturated carbocycles. The molecule has 0 amide bonds. The van der Waals surface area contributed by atoms with Crippen LogP contribution in [0, 0.1) is 28.9 Å². The SMILES string of the molecule is Cc1nc(NCC2CCCN(C)C2)nc(NCC2CCCN(C)C2)c1[N+](=O)[O-]. The number of likely N-dealkylation sites (tertiary alicyclic amines) is 2. The van der Waals surface area contributed by atoms with Crippen molar-refractivity contribution in [3.63, 3.8) is 0 Å². The third kappa shape index (κ3) is 5.51. The summed E-state index contributed by atoms with van der Waals surface area (Å²) >= 11 is 0. The number of anilines is 2. The third-order valence-electron chi connectivity index (χ3n) is 5.79. The summed E-state index contributed by atoms with van der Waals surface area (Å²) in [5.74, 6) is 1.82. The highest BCUT2D eigenvalue weighted by molar-refractivity contribution is 5.60. The predicted molar refractivity (Wildman–Crippen MR) is 111 cm³/mol. The molecule has 1 aromatic heterocycles. The molecule has 2 N–H and O–H groups in total. The van der Waals surface area contributed by atoms with Gasteiger partial charge in [0.2, 0.25) is 11.8 Å². The smallest absolute Gasteiger partial charge is 0.332 e. The Bertz CT molecular complexity index is 684. The van der Waals surface area contributed by atoms with Crippen LogP contribution in [0.25, 0.3) is 0 Å². The molecule has 2 atom stereocenters. The summed E-state index contributed by atoms with van der Waals surface area (Å²) in [6.07, 6.45) is 4.68. The summed E-state index contributed by atoms with van der Waals surface area (Å²) in [7, 11) is 4.26. The minimum absolute atomic E-state index is 0.0212. The second kappa shape index (κ2) is 9.47. The predicted octanol–water partition coefficient (Wildman–Crippen LogP) is 2.20. The molecule has 2 fully saturated rings. The lowest BCUT2D eigenvalue weighted by Crippen LogP contribution is -2.35. The molecule has 3 rings (SSSR count). The maximum Gasteiger partial charge on any atom is 0.332 e. The highest BCUT2D eigenvalue weighted by atomic mass is 16.6. The van der Waals surface area contributed by atoms with E-state index in [9.17, 15) is 10.1 Å². The van der Waals surface area contributed by atoms with Crippen molar-refractivity contribution in [2.75, 3.05) is 64.0 Å². The fourth-order valence-corrected chi connectivity index (χ4v) is 4.34. The molecule has 2 saturated heterocycles. The summed E-state index contributed by atoms with van der Waals surface area (Å²) in [6, 6.07) is 0. The van der Waals surface area contributed by atoms with Gasteiger partial charge in [-0.15, -0.1) is 0 Å². The van der Waals surface area contributed by atoms with Gasteiger partial charge in [0, 0.05) is 26.2 Å². The van der Waals surface area contributed by atoms with E-state index in [1.807, 2.05) is 0 Å². The molecule has 0 spiro atoms. The van der Waals surface area contributed by atoms with E-state index in [1.165, 1.54) is 12.8 Å². The molecule has 0 aromatic carbocycles. The van der Waals surface area contributed by atoms with Crippen LogP contribution in [0.15, 0.2) is 0 Å². The van der Waals surface area contributed by atoms with Gasteiger partial charge in [0.25, 0.3) is 0 Å². The number of aryl methyl sites for hydroxylation is 1. The summed E-state index contributed by atoms with van der Waals surface area (Å²) in [5.41, 5.74) is 0.374. The fraction of sp³-hybridized carbons (Fsp3) is 0.789. The van der Waals surface area contributed by atoms with Crippen LogP contribution in [-0.4, -0.2) is 78.1 Å². The van der Waals surface area contributed by atoms with Crippen LogP contribution in [0.4, 0.5) is 17.5 Å². The van der Waals surface area contributed by atoms with E-state index in [0.717, 1.165) is 45.6 Å². The Kier molecular flexibility index (Phi) is 7.01. The maximum absolute atomic E-state index is 11.5. The summed E-state index contributed by atoms with van der Waals surface area (Å²) in [5, 5.41) is 18.1. The van der Waals surface area contributed by atoms with Crippen molar-refractivity contribution in [1.29, 1.82) is 0 Å². The zero-order chi connectivity index (χ0) is 20.1. The van der Waals surface area contributed by atoms with Crippen LogP contribution in [0.3, 0.4) is 0 Å². The quantitative estimate of drug-likeness (QED) is 0.539. The van der Waals surface area contributed by atoms with E-state index in [4.69, 9.17) is 0 Å². The topological polar surface area (TPSA) is 99.5 Å². The van der Waals surface area contributed by atoms with Crippen molar-refractivity contribution < 1.29 is 4.92 Å². The zero-order valence-electron chi connectivity index (χ0n) is 17.3. The molecule has 28 heavy (non-hydrogen) atoms. The van der Waals surface area contributed by atoms with Gasteiger partial charge in [0.1, 0.15) is 5.69 Å². The van der Waals surface area contributed by atoms with Gasteiger partial charge in [0.15, 0.2) is 0 Å². The van der Waals surface area contributed by atoms with Crippen LogP contribution in [0.2, 0.25) is 0 Å². The second-order valence-electron chi connectivity index (χ2n) is 8.39. The number of hydrogen-bond donors (Lipinski definition) is 2.